The summed E-state index contributed by atoms with van der Waals surface area (Å²) in [7, 11) is 0. The summed E-state index contributed by atoms with van der Waals surface area (Å²) in [5, 5.41) is 0. The van der Waals surface area contributed by atoms with Crippen molar-refractivity contribution in [3.63, 3.8) is 0 Å². The van der Waals surface area contributed by atoms with E-state index in [1.807, 2.05) is 64.4 Å². The van der Waals surface area contributed by atoms with Crippen LogP contribution in [0.15, 0.2) is 54.6 Å². The average molecular weight is 435 g/mol. The Bertz CT molecular complexity index is 908. The van der Waals surface area contributed by atoms with Crippen molar-refractivity contribution in [2.75, 3.05) is 32.8 Å². The fraction of sp³-hybridized carbons (Fsp3) is 0.481. The van der Waals surface area contributed by atoms with Crippen molar-refractivity contribution >= 4 is 11.8 Å². The molecule has 2 amide bonds. The van der Waals surface area contributed by atoms with Crippen molar-refractivity contribution in [2.45, 2.75) is 44.9 Å². The Morgan fingerprint density at radius 2 is 1.72 bits per heavy atom. The summed E-state index contributed by atoms with van der Waals surface area (Å²) in [6, 6.07) is 17.6. The van der Waals surface area contributed by atoms with Crippen molar-refractivity contribution in [3.8, 4) is 5.75 Å². The summed E-state index contributed by atoms with van der Waals surface area (Å²) in [5.74, 6) is 1.27. The van der Waals surface area contributed by atoms with Crippen molar-refractivity contribution in [3.05, 3.63) is 65.7 Å². The van der Waals surface area contributed by atoms with Crippen LogP contribution in [0.25, 0.3) is 0 Å². The van der Waals surface area contributed by atoms with Crippen molar-refractivity contribution in [2.24, 2.45) is 5.92 Å². The molecule has 2 aliphatic heterocycles. The third-order valence-corrected chi connectivity index (χ3v) is 6.70. The lowest BCUT2D eigenvalue weighted by molar-refractivity contribution is -0.135. The van der Waals surface area contributed by atoms with Crippen LogP contribution in [0.3, 0.4) is 0 Å². The van der Waals surface area contributed by atoms with Gasteiger partial charge in [-0.25, -0.2) is 0 Å². The molecule has 0 aliphatic carbocycles. The average Bonchev–Trinajstić information content (AvgIpc) is 3.39. The van der Waals surface area contributed by atoms with Crippen molar-refractivity contribution < 1.29 is 14.3 Å². The zero-order valence-electron chi connectivity index (χ0n) is 19.0. The van der Waals surface area contributed by atoms with Crippen molar-refractivity contribution in [1.82, 2.24) is 9.80 Å². The van der Waals surface area contributed by atoms with E-state index in [-0.39, 0.29) is 17.7 Å². The molecule has 0 bridgehead atoms. The molecule has 0 radical (unpaired) electrons. The van der Waals surface area contributed by atoms with Gasteiger partial charge in [-0.2, -0.15) is 0 Å². The molecule has 2 saturated heterocycles. The second-order valence-corrected chi connectivity index (χ2v) is 9.00. The highest BCUT2D eigenvalue weighted by molar-refractivity contribution is 5.94. The van der Waals surface area contributed by atoms with E-state index in [0.717, 1.165) is 69.6 Å². The van der Waals surface area contributed by atoms with Crippen LogP contribution in [-0.2, 0) is 4.79 Å². The number of hydrogen-bond donors (Lipinski definition) is 0. The number of nitrogens with zero attached hydrogens (tertiary/aromatic N) is 2. The quantitative estimate of drug-likeness (QED) is 0.633. The number of hydrogen-bond acceptors (Lipinski definition) is 3. The minimum atomic E-state index is -0.0795. The number of likely N-dealkylation sites (tertiary alicyclic amines) is 2. The van der Waals surface area contributed by atoms with Gasteiger partial charge in [-0.05, 0) is 55.9 Å². The maximum Gasteiger partial charge on any atom is 0.253 e. The largest absolute Gasteiger partial charge is 0.493 e. The number of amides is 2. The lowest BCUT2D eigenvalue weighted by Gasteiger charge is -2.35. The zero-order chi connectivity index (χ0) is 22.3. The molecule has 2 aliphatic rings. The Morgan fingerprint density at radius 3 is 2.47 bits per heavy atom. The van der Waals surface area contributed by atoms with E-state index >= 15 is 0 Å². The lowest BCUT2D eigenvalue weighted by atomic mass is 9.92. The standard InChI is InChI=1S/C27H34N2O3/c1-2-25(22-11-4-3-5-12-22)27(31)29-17-9-10-21(19-29)20-32-24-14-8-13-23(18-24)26(30)28-15-6-7-16-28/h3-5,8,11-14,18,21,25H,2,6-7,9-10,15-17,19-20H2,1H3/t21-,25-/m0/s1. The van der Waals surface area contributed by atoms with Crippen LogP contribution in [0.4, 0.5) is 0 Å². The molecule has 0 unspecified atom stereocenters. The second kappa shape index (κ2) is 10.7. The molecule has 0 saturated carbocycles. The fourth-order valence-corrected chi connectivity index (χ4v) is 4.90. The summed E-state index contributed by atoms with van der Waals surface area (Å²) in [6.07, 6.45) is 5.03. The maximum atomic E-state index is 13.2. The van der Waals surface area contributed by atoms with E-state index < -0.39 is 0 Å². The molecule has 0 spiro atoms. The molecule has 5 heteroatoms. The molecule has 4 rings (SSSR count). The second-order valence-electron chi connectivity index (χ2n) is 9.00. The first-order valence-corrected chi connectivity index (χ1v) is 12.0. The highest BCUT2D eigenvalue weighted by Gasteiger charge is 2.29. The number of carbonyl (C=O) groups is 2. The lowest BCUT2D eigenvalue weighted by Crippen LogP contribution is -2.43. The molecule has 0 aromatic heterocycles. The Labute approximate surface area is 191 Å². The minimum Gasteiger partial charge on any atom is -0.493 e. The van der Waals surface area contributed by atoms with Gasteiger partial charge in [-0.15, -0.1) is 0 Å². The molecule has 2 aromatic carbocycles. The molecule has 2 heterocycles. The molecule has 2 atom stereocenters. The number of rotatable bonds is 7. The van der Waals surface area contributed by atoms with Gasteiger partial charge >= 0.3 is 0 Å². The Kier molecular flexibility index (Phi) is 7.46. The number of ether oxygens (including phenoxy) is 1. The highest BCUT2D eigenvalue weighted by atomic mass is 16.5. The molecule has 2 aromatic rings. The van der Waals surface area contributed by atoms with Crippen LogP contribution in [0.2, 0.25) is 0 Å². The van der Waals surface area contributed by atoms with Gasteiger partial charge in [0.15, 0.2) is 0 Å². The van der Waals surface area contributed by atoms with Gasteiger partial charge in [0.2, 0.25) is 5.91 Å². The summed E-state index contributed by atoms with van der Waals surface area (Å²) in [6.45, 7) is 5.88. The summed E-state index contributed by atoms with van der Waals surface area (Å²) < 4.78 is 6.09. The van der Waals surface area contributed by atoms with Crippen LogP contribution in [-0.4, -0.2) is 54.4 Å². The van der Waals surface area contributed by atoms with E-state index in [9.17, 15) is 9.59 Å². The van der Waals surface area contributed by atoms with Gasteiger partial charge in [0.05, 0.1) is 12.5 Å². The van der Waals surface area contributed by atoms with Crippen molar-refractivity contribution in [1.29, 1.82) is 0 Å². The third-order valence-electron chi connectivity index (χ3n) is 6.70. The number of benzene rings is 2. The summed E-state index contributed by atoms with van der Waals surface area (Å²) in [4.78, 5) is 29.8. The predicted molar refractivity (Wildman–Crippen MR) is 126 cm³/mol. The first kappa shape index (κ1) is 22.4. The minimum absolute atomic E-state index is 0.0795. The van der Waals surface area contributed by atoms with Gasteiger partial charge in [-0.3, -0.25) is 9.59 Å². The van der Waals surface area contributed by atoms with Crippen LogP contribution < -0.4 is 4.74 Å². The SMILES string of the molecule is CC[C@H](C(=O)N1CCC[C@H](COc2cccc(C(=O)N3CCCC3)c2)C1)c1ccccc1. The van der Waals surface area contributed by atoms with E-state index in [0.29, 0.717) is 18.1 Å². The fourth-order valence-electron chi connectivity index (χ4n) is 4.90. The van der Waals surface area contributed by atoms with E-state index in [1.54, 1.807) is 0 Å². The summed E-state index contributed by atoms with van der Waals surface area (Å²) in [5.41, 5.74) is 1.79. The molecular weight excluding hydrogens is 400 g/mol. The van der Waals surface area contributed by atoms with Crippen LogP contribution >= 0.6 is 0 Å². The van der Waals surface area contributed by atoms with Gasteiger partial charge in [0.25, 0.3) is 5.91 Å². The predicted octanol–water partition coefficient (Wildman–Crippen LogP) is 4.73. The Morgan fingerprint density at radius 1 is 0.969 bits per heavy atom. The molecule has 32 heavy (non-hydrogen) atoms. The van der Waals surface area contributed by atoms with Gasteiger partial charge in [0, 0.05) is 37.7 Å². The van der Waals surface area contributed by atoms with Gasteiger partial charge < -0.3 is 14.5 Å². The van der Waals surface area contributed by atoms with Gasteiger partial charge in [-0.1, -0.05) is 43.3 Å². The van der Waals surface area contributed by atoms with Crippen LogP contribution in [0.1, 0.15) is 60.9 Å². The third kappa shape index (κ3) is 5.32. The van der Waals surface area contributed by atoms with Crippen LogP contribution in [0.5, 0.6) is 5.75 Å². The molecular formula is C27H34N2O3. The normalized spacial score (nSPS) is 19.6. The summed E-state index contributed by atoms with van der Waals surface area (Å²) >= 11 is 0. The molecule has 0 N–H and O–H groups in total. The Balaban J connectivity index is 1.34. The van der Waals surface area contributed by atoms with Gasteiger partial charge in [0.1, 0.15) is 5.75 Å². The Hall–Kier alpha value is -2.82. The van der Waals surface area contributed by atoms with Crippen LogP contribution in [0, 0.1) is 5.92 Å². The highest BCUT2D eigenvalue weighted by Crippen LogP contribution is 2.26. The smallest absolute Gasteiger partial charge is 0.253 e. The maximum absolute atomic E-state index is 13.2. The van der Waals surface area contributed by atoms with E-state index in [1.165, 1.54) is 0 Å². The molecule has 2 fully saturated rings. The monoisotopic (exact) mass is 434 g/mol. The number of carbonyl (C=O) groups excluding carboxylic acids is 2. The molecule has 170 valence electrons. The number of piperidine rings is 1. The molecule has 5 nitrogen and oxygen atoms in total. The van der Waals surface area contributed by atoms with E-state index in [4.69, 9.17) is 4.74 Å². The zero-order valence-corrected chi connectivity index (χ0v) is 19.0. The topological polar surface area (TPSA) is 49.9 Å². The van der Waals surface area contributed by atoms with E-state index in [2.05, 4.69) is 6.92 Å². The first-order valence-electron chi connectivity index (χ1n) is 12.0. The first-order chi connectivity index (χ1) is 15.7.